The Labute approximate surface area is 201 Å². The van der Waals surface area contributed by atoms with E-state index in [-0.39, 0.29) is 21.5 Å². The van der Waals surface area contributed by atoms with E-state index in [0.29, 0.717) is 24.5 Å². The molecule has 3 rings (SSSR count). The van der Waals surface area contributed by atoms with E-state index in [1.807, 2.05) is 12.1 Å². The van der Waals surface area contributed by atoms with E-state index in [2.05, 4.69) is 15.6 Å². The van der Waals surface area contributed by atoms with Crippen molar-refractivity contribution in [1.29, 1.82) is 0 Å². The highest BCUT2D eigenvalue weighted by molar-refractivity contribution is 7.89. The van der Waals surface area contributed by atoms with Gasteiger partial charge in [-0.05, 0) is 48.9 Å². The first kappa shape index (κ1) is 24.5. The summed E-state index contributed by atoms with van der Waals surface area (Å²) >= 11 is 17.9. The molecule has 2 aromatic carbocycles. The Hall–Kier alpha value is -2.10. The molecule has 0 fully saturated rings. The van der Waals surface area contributed by atoms with Crippen LogP contribution in [0.15, 0.2) is 53.6 Å². The van der Waals surface area contributed by atoms with Crippen LogP contribution in [0, 0.1) is 0 Å². The molecule has 0 radical (unpaired) electrons. The van der Waals surface area contributed by atoms with Crippen molar-refractivity contribution in [3.05, 3.63) is 63.7 Å². The number of nitrogens with one attached hydrogen (secondary N) is 2. The van der Waals surface area contributed by atoms with Gasteiger partial charge in [-0.3, -0.25) is 9.78 Å². The van der Waals surface area contributed by atoms with Gasteiger partial charge >= 0.3 is 0 Å². The van der Waals surface area contributed by atoms with E-state index in [1.165, 1.54) is 25.2 Å². The lowest BCUT2D eigenvalue weighted by molar-refractivity contribution is -0.121. The van der Waals surface area contributed by atoms with Gasteiger partial charge in [0.15, 0.2) is 0 Å². The van der Waals surface area contributed by atoms with E-state index in [0.717, 1.165) is 20.9 Å². The fourth-order valence-electron chi connectivity index (χ4n) is 3.00. The van der Waals surface area contributed by atoms with Crippen LogP contribution >= 0.6 is 34.8 Å². The smallest absolute Gasteiger partial charge is 0.244 e. The minimum atomic E-state index is -3.95. The third kappa shape index (κ3) is 6.02. The van der Waals surface area contributed by atoms with Gasteiger partial charge < -0.3 is 10.6 Å². The predicted molar refractivity (Wildman–Crippen MR) is 129 cm³/mol. The predicted octanol–water partition coefficient (Wildman–Crippen LogP) is 4.43. The summed E-state index contributed by atoms with van der Waals surface area (Å²) in [6.45, 7) is 0.648. The zero-order valence-corrected chi connectivity index (χ0v) is 20.2. The zero-order valence-electron chi connectivity index (χ0n) is 17.1. The number of aromatic nitrogens is 1. The standard InChI is InChI=1S/C21H21Cl3N4O3S/c1-28(32(30,31)20-12-15(23)4-6-17(20)24)13-21(29)27-9-2-8-25-18-7-10-26-19-11-14(22)3-5-16(18)19/h3-7,10-12H,2,8-9,13H2,1H3,(H,25,26)(H,27,29). The highest BCUT2D eigenvalue weighted by Gasteiger charge is 2.25. The minimum absolute atomic E-state index is 0.0404. The van der Waals surface area contributed by atoms with Gasteiger partial charge in [0, 0.05) is 47.5 Å². The highest BCUT2D eigenvalue weighted by Crippen LogP contribution is 2.27. The number of hydrogen-bond acceptors (Lipinski definition) is 5. The fourth-order valence-corrected chi connectivity index (χ4v) is 5.03. The van der Waals surface area contributed by atoms with E-state index in [1.54, 1.807) is 18.3 Å². The lowest BCUT2D eigenvalue weighted by Crippen LogP contribution is -2.39. The molecule has 0 saturated heterocycles. The second-order valence-corrected chi connectivity index (χ2v) is 10.3. The Morgan fingerprint density at radius 3 is 2.53 bits per heavy atom. The van der Waals surface area contributed by atoms with E-state index < -0.39 is 15.9 Å². The number of sulfonamides is 1. The monoisotopic (exact) mass is 514 g/mol. The number of benzene rings is 2. The average molecular weight is 516 g/mol. The van der Waals surface area contributed by atoms with Crippen molar-refractivity contribution in [2.75, 3.05) is 32.0 Å². The van der Waals surface area contributed by atoms with Crippen LogP contribution in [-0.2, 0) is 14.8 Å². The summed E-state index contributed by atoms with van der Waals surface area (Å²) in [6, 6.07) is 11.5. The fraction of sp³-hybridized carbons (Fsp3) is 0.238. The number of hydrogen-bond donors (Lipinski definition) is 2. The largest absolute Gasteiger partial charge is 0.384 e. The number of amides is 1. The Kier molecular flexibility index (Phi) is 8.19. The first-order valence-corrected chi connectivity index (χ1v) is 12.2. The van der Waals surface area contributed by atoms with Gasteiger partial charge in [-0.1, -0.05) is 34.8 Å². The molecule has 0 aliphatic carbocycles. The van der Waals surface area contributed by atoms with Gasteiger partial charge in [-0.2, -0.15) is 4.31 Å². The van der Waals surface area contributed by atoms with Crippen molar-refractivity contribution < 1.29 is 13.2 Å². The highest BCUT2D eigenvalue weighted by atomic mass is 35.5. The quantitative estimate of drug-likeness (QED) is 0.411. The molecule has 1 amide bonds. The maximum Gasteiger partial charge on any atom is 0.244 e. The summed E-state index contributed by atoms with van der Waals surface area (Å²) < 4.78 is 26.3. The van der Waals surface area contributed by atoms with Crippen LogP contribution in [0.2, 0.25) is 15.1 Å². The molecule has 0 atom stereocenters. The molecule has 32 heavy (non-hydrogen) atoms. The number of fused-ring (bicyclic) bond motifs is 1. The molecule has 2 N–H and O–H groups in total. The zero-order chi connectivity index (χ0) is 23.3. The first-order chi connectivity index (χ1) is 15.2. The number of anilines is 1. The van der Waals surface area contributed by atoms with Crippen LogP contribution in [0.25, 0.3) is 10.9 Å². The van der Waals surface area contributed by atoms with Gasteiger partial charge in [0.05, 0.1) is 17.1 Å². The van der Waals surface area contributed by atoms with Crippen molar-refractivity contribution in [1.82, 2.24) is 14.6 Å². The van der Waals surface area contributed by atoms with Crippen LogP contribution in [0.1, 0.15) is 6.42 Å². The second kappa shape index (κ2) is 10.7. The third-order valence-electron chi connectivity index (χ3n) is 4.64. The number of pyridine rings is 1. The molecular formula is C21H21Cl3N4O3S. The van der Waals surface area contributed by atoms with Crippen LogP contribution in [-0.4, -0.2) is 50.3 Å². The van der Waals surface area contributed by atoms with Crippen molar-refractivity contribution in [2.24, 2.45) is 0 Å². The molecule has 1 heterocycles. The molecular weight excluding hydrogens is 495 g/mol. The molecule has 1 aromatic heterocycles. The summed E-state index contributed by atoms with van der Waals surface area (Å²) in [6.07, 6.45) is 2.34. The number of carbonyl (C=O) groups excluding carboxylic acids is 1. The van der Waals surface area contributed by atoms with Crippen LogP contribution in [0.5, 0.6) is 0 Å². The maximum atomic E-state index is 12.7. The molecule has 3 aromatic rings. The minimum Gasteiger partial charge on any atom is -0.384 e. The Balaban J connectivity index is 1.48. The molecule has 170 valence electrons. The number of likely N-dealkylation sites (N-methyl/N-ethyl adjacent to an activating group) is 1. The van der Waals surface area contributed by atoms with E-state index in [4.69, 9.17) is 34.8 Å². The number of rotatable bonds is 9. The van der Waals surface area contributed by atoms with Gasteiger partial charge in [-0.15, -0.1) is 0 Å². The van der Waals surface area contributed by atoms with Crippen molar-refractivity contribution in [3.8, 4) is 0 Å². The van der Waals surface area contributed by atoms with Crippen molar-refractivity contribution in [2.45, 2.75) is 11.3 Å². The molecule has 0 saturated carbocycles. The van der Waals surface area contributed by atoms with Crippen LogP contribution in [0.4, 0.5) is 5.69 Å². The van der Waals surface area contributed by atoms with Gasteiger partial charge in [0.25, 0.3) is 0 Å². The van der Waals surface area contributed by atoms with Crippen LogP contribution in [0.3, 0.4) is 0 Å². The van der Waals surface area contributed by atoms with Crippen LogP contribution < -0.4 is 10.6 Å². The van der Waals surface area contributed by atoms with Gasteiger partial charge in [0.1, 0.15) is 4.90 Å². The molecule has 0 aliphatic rings. The van der Waals surface area contributed by atoms with E-state index in [9.17, 15) is 13.2 Å². The SMILES string of the molecule is CN(CC(=O)NCCCNc1ccnc2cc(Cl)ccc12)S(=O)(=O)c1cc(Cl)ccc1Cl. The normalized spacial score (nSPS) is 11.7. The summed E-state index contributed by atoms with van der Waals surface area (Å²) in [5.74, 6) is -0.418. The molecule has 11 heteroatoms. The summed E-state index contributed by atoms with van der Waals surface area (Å²) in [5.41, 5.74) is 1.71. The van der Waals surface area contributed by atoms with Crippen molar-refractivity contribution in [3.63, 3.8) is 0 Å². The summed E-state index contributed by atoms with van der Waals surface area (Å²) in [7, 11) is -2.64. The Morgan fingerprint density at radius 2 is 1.75 bits per heavy atom. The first-order valence-electron chi connectivity index (χ1n) is 9.65. The number of carbonyl (C=O) groups is 1. The van der Waals surface area contributed by atoms with E-state index >= 15 is 0 Å². The number of halogens is 3. The van der Waals surface area contributed by atoms with Gasteiger partial charge in [-0.25, -0.2) is 8.42 Å². The Bertz CT molecular complexity index is 1240. The van der Waals surface area contributed by atoms with Crippen molar-refractivity contribution >= 4 is 67.3 Å². The lowest BCUT2D eigenvalue weighted by atomic mass is 10.2. The second-order valence-electron chi connectivity index (χ2n) is 6.99. The molecule has 0 spiro atoms. The summed E-state index contributed by atoms with van der Waals surface area (Å²) in [5, 5.41) is 7.88. The molecule has 0 unspecified atom stereocenters. The molecule has 7 nitrogen and oxygen atoms in total. The third-order valence-corrected chi connectivity index (χ3v) is 7.40. The average Bonchev–Trinajstić information content (AvgIpc) is 2.74. The number of nitrogens with zero attached hydrogens (tertiary/aromatic N) is 2. The Morgan fingerprint density at radius 1 is 1.03 bits per heavy atom. The lowest BCUT2D eigenvalue weighted by Gasteiger charge is -2.18. The summed E-state index contributed by atoms with van der Waals surface area (Å²) in [4.78, 5) is 16.4. The molecule has 0 aliphatic heterocycles. The maximum absolute atomic E-state index is 12.7. The van der Waals surface area contributed by atoms with Gasteiger partial charge in [0.2, 0.25) is 15.9 Å². The molecule has 0 bridgehead atoms. The topological polar surface area (TPSA) is 91.4 Å².